The van der Waals surface area contributed by atoms with E-state index in [9.17, 15) is 9.59 Å². The van der Waals surface area contributed by atoms with Crippen molar-refractivity contribution in [2.24, 2.45) is 5.92 Å². The number of carboxylic acids is 1. The number of amides is 1. The first-order valence-electron chi connectivity index (χ1n) is 7.53. The predicted octanol–water partition coefficient (Wildman–Crippen LogP) is 2.68. The topological polar surface area (TPSA) is 83.6 Å². The van der Waals surface area contributed by atoms with Gasteiger partial charge in [0.25, 0.3) is 5.91 Å². The molecule has 0 spiro atoms. The van der Waals surface area contributed by atoms with Crippen LogP contribution >= 0.6 is 0 Å². The third kappa shape index (κ3) is 4.19. The molecule has 1 atom stereocenters. The third-order valence-corrected chi connectivity index (χ3v) is 3.90. The molecule has 0 aliphatic heterocycles. The van der Waals surface area contributed by atoms with Gasteiger partial charge in [0, 0.05) is 20.0 Å². The van der Waals surface area contributed by atoms with Crippen molar-refractivity contribution in [1.82, 2.24) is 9.88 Å². The minimum absolute atomic E-state index is 0.0644. The average molecular weight is 306 g/mol. The highest BCUT2D eigenvalue weighted by atomic mass is 16.4. The van der Waals surface area contributed by atoms with Gasteiger partial charge in [-0.2, -0.15) is 0 Å². The number of hydrogen-bond donors (Lipinski definition) is 1. The van der Waals surface area contributed by atoms with Gasteiger partial charge in [0.2, 0.25) is 0 Å². The summed E-state index contributed by atoms with van der Waals surface area (Å²) >= 11 is 0. The monoisotopic (exact) mass is 306 g/mol. The molecule has 22 heavy (non-hydrogen) atoms. The summed E-state index contributed by atoms with van der Waals surface area (Å²) in [7, 11) is 3.26. The summed E-state index contributed by atoms with van der Waals surface area (Å²) in [4.78, 5) is 28.4. The summed E-state index contributed by atoms with van der Waals surface area (Å²) in [6, 6.07) is 0. The molecular formula is C16H22N2O4. The van der Waals surface area contributed by atoms with E-state index in [0.717, 1.165) is 0 Å². The molecule has 2 rings (SSSR count). The Morgan fingerprint density at radius 3 is 2.77 bits per heavy atom. The summed E-state index contributed by atoms with van der Waals surface area (Å²) in [6.07, 6.45) is 9.62. The van der Waals surface area contributed by atoms with Crippen molar-refractivity contribution in [1.29, 1.82) is 0 Å². The molecule has 6 nitrogen and oxygen atoms in total. The molecule has 0 bridgehead atoms. The second-order valence-electron chi connectivity index (χ2n) is 5.92. The lowest BCUT2D eigenvalue weighted by Crippen LogP contribution is -2.22. The molecule has 1 aliphatic carbocycles. The van der Waals surface area contributed by atoms with Gasteiger partial charge in [-0.3, -0.25) is 9.59 Å². The van der Waals surface area contributed by atoms with Gasteiger partial charge in [-0.15, -0.1) is 0 Å². The van der Waals surface area contributed by atoms with Gasteiger partial charge in [-0.1, -0.05) is 18.6 Å². The van der Waals surface area contributed by atoms with E-state index in [0.29, 0.717) is 18.2 Å². The minimum atomic E-state index is -0.902. The van der Waals surface area contributed by atoms with Crippen molar-refractivity contribution in [3.8, 4) is 0 Å². The number of carbonyl (C=O) groups excluding carboxylic acids is 1. The number of carbonyl (C=O) groups is 2. The lowest BCUT2D eigenvalue weighted by atomic mass is 9.85. The first-order chi connectivity index (χ1) is 10.5. The summed E-state index contributed by atoms with van der Waals surface area (Å²) < 4.78 is 5.34. The molecule has 1 saturated carbocycles. The van der Waals surface area contributed by atoms with Gasteiger partial charge in [-0.25, -0.2) is 4.98 Å². The first kappa shape index (κ1) is 16.3. The van der Waals surface area contributed by atoms with Crippen LogP contribution < -0.4 is 0 Å². The number of rotatable bonds is 7. The van der Waals surface area contributed by atoms with Gasteiger partial charge >= 0.3 is 5.97 Å². The van der Waals surface area contributed by atoms with Crippen LogP contribution in [0.25, 0.3) is 0 Å². The van der Waals surface area contributed by atoms with Gasteiger partial charge < -0.3 is 14.4 Å². The molecule has 1 aromatic heterocycles. The predicted molar refractivity (Wildman–Crippen MR) is 80.6 cm³/mol. The van der Waals surface area contributed by atoms with E-state index in [-0.39, 0.29) is 23.9 Å². The number of aromatic nitrogens is 1. The van der Waals surface area contributed by atoms with E-state index in [1.54, 1.807) is 14.1 Å². The third-order valence-electron chi connectivity index (χ3n) is 3.90. The van der Waals surface area contributed by atoms with Crippen LogP contribution in [-0.4, -0.2) is 41.0 Å². The van der Waals surface area contributed by atoms with E-state index >= 15 is 0 Å². The van der Waals surface area contributed by atoms with Gasteiger partial charge in [0.1, 0.15) is 6.26 Å². The molecule has 0 saturated heterocycles. The average Bonchev–Trinajstić information content (AvgIpc) is 2.88. The Morgan fingerprint density at radius 2 is 2.23 bits per heavy atom. The zero-order valence-corrected chi connectivity index (χ0v) is 13.0. The zero-order chi connectivity index (χ0) is 16.1. The maximum absolute atomic E-state index is 11.8. The number of oxazole rings is 1. The first-order valence-corrected chi connectivity index (χ1v) is 7.53. The van der Waals surface area contributed by atoms with Crippen LogP contribution in [0.3, 0.4) is 0 Å². The Balaban J connectivity index is 2.05. The molecule has 1 aromatic rings. The molecular weight excluding hydrogens is 284 g/mol. The molecule has 1 heterocycles. The molecule has 1 N–H and O–H groups in total. The number of allylic oxidation sites excluding steroid dienone is 2. The van der Waals surface area contributed by atoms with Crippen molar-refractivity contribution in [3.63, 3.8) is 0 Å². The minimum Gasteiger partial charge on any atom is -0.481 e. The Labute approximate surface area is 129 Å². The number of carboxylic acid groups (broad SMARTS) is 1. The zero-order valence-electron chi connectivity index (χ0n) is 13.0. The van der Waals surface area contributed by atoms with Crippen molar-refractivity contribution in [2.45, 2.75) is 38.0 Å². The Hall–Kier alpha value is -2.11. The molecule has 1 aliphatic rings. The van der Waals surface area contributed by atoms with Crippen LogP contribution in [0.2, 0.25) is 0 Å². The van der Waals surface area contributed by atoms with Gasteiger partial charge in [0.05, 0.1) is 6.42 Å². The molecule has 120 valence electrons. The van der Waals surface area contributed by atoms with Crippen LogP contribution in [0.1, 0.15) is 54.4 Å². The fourth-order valence-corrected chi connectivity index (χ4v) is 2.35. The Kier molecular flexibility index (Phi) is 5.35. The molecule has 0 radical (unpaired) electrons. The lowest BCUT2D eigenvalue weighted by molar-refractivity contribution is -0.137. The highest BCUT2D eigenvalue weighted by Crippen LogP contribution is 2.29. The van der Waals surface area contributed by atoms with Crippen LogP contribution in [0, 0.1) is 5.92 Å². The fraction of sp³-hybridized carbons (Fsp3) is 0.562. The number of aliphatic carboxylic acids is 1. The van der Waals surface area contributed by atoms with E-state index in [4.69, 9.17) is 9.52 Å². The van der Waals surface area contributed by atoms with Crippen LogP contribution in [-0.2, 0) is 4.79 Å². The standard InChI is InChI=1S/C16H22N2O4/c1-18(2)16(21)13-10-22-15(17-13)12(9-14(19)20)8-4-7-11-5-3-6-11/h4,7,10-12H,3,5-6,8-9H2,1-2H3,(H,19,20)/t12-/m1/s1. The number of nitrogens with zero attached hydrogens (tertiary/aromatic N) is 2. The lowest BCUT2D eigenvalue weighted by Gasteiger charge is -2.21. The summed E-state index contributed by atoms with van der Waals surface area (Å²) in [5.74, 6) is -0.570. The molecule has 0 unspecified atom stereocenters. The Morgan fingerprint density at radius 1 is 1.50 bits per heavy atom. The van der Waals surface area contributed by atoms with E-state index < -0.39 is 5.97 Å². The smallest absolute Gasteiger partial charge is 0.304 e. The van der Waals surface area contributed by atoms with Crippen molar-refractivity contribution < 1.29 is 19.1 Å². The molecule has 1 amide bonds. The summed E-state index contributed by atoms with van der Waals surface area (Å²) in [5, 5.41) is 9.05. The number of hydrogen-bond acceptors (Lipinski definition) is 4. The molecule has 1 fully saturated rings. The second kappa shape index (κ2) is 7.24. The highest BCUT2D eigenvalue weighted by Gasteiger charge is 2.23. The highest BCUT2D eigenvalue weighted by molar-refractivity contribution is 5.91. The molecule has 0 aromatic carbocycles. The normalized spacial score (nSPS) is 16.5. The van der Waals surface area contributed by atoms with E-state index in [2.05, 4.69) is 11.1 Å². The van der Waals surface area contributed by atoms with E-state index in [1.165, 1.54) is 30.4 Å². The van der Waals surface area contributed by atoms with Gasteiger partial charge in [-0.05, 0) is 25.2 Å². The Bertz CT molecular complexity index is 558. The SMILES string of the molecule is CN(C)C(=O)c1coc([C@H](CC=CC2CCC2)CC(=O)O)n1. The van der Waals surface area contributed by atoms with Crippen LogP contribution in [0.5, 0.6) is 0 Å². The second-order valence-corrected chi connectivity index (χ2v) is 5.92. The van der Waals surface area contributed by atoms with Crippen LogP contribution in [0.4, 0.5) is 0 Å². The largest absolute Gasteiger partial charge is 0.481 e. The summed E-state index contributed by atoms with van der Waals surface area (Å²) in [5.41, 5.74) is 0.207. The van der Waals surface area contributed by atoms with E-state index in [1.807, 2.05) is 6.08 Å². The quantitative estimate of drug-likeness (QED) is 0.783. The maximum Gasteiger partial charge on any atom is 0.304 e. The summed E-state index contributed by atoms with van der Waals surface area (Å²) in [6.45, 7) is 0. The fourth-order valence-electron chi connectivity index (χ4n) is 2.35. The van der Waals surface area contributed by atoms with Crippen molar-refractivity contribution in [3.05, 3.63) is 30.0 Å². The maximum atomic E-state index is 11.8. The molecule has 6 heteroatoms. The van der Waals surface area contributed by atoms with Crippen molar-refractivity contribution in [2.75, 3.05) is 14.1 Å². The van der Waals surface area contributed by atoms with Gasteiger partial charge in [0.15, 0.2) is 11.6 Å². The van der Waals surface area contributed by atoms with Crippen molar-refractivity contribution >= 4 is 11.9 Å². The van der Waals surface area contributed by atoms with Crippen LogP contribution in [0.15, 0.2) is 22.8 Å².